The Labute approximate surface area is 169 Å². The first-order valence-corrected chi connectivity index (χ1v) is 9.32. The molecule has 4 N–H and O–H groups in total. The lowest BCUT2D eigenvalue weighted by molar-refractivity contribution is -0.174. The third-order valence-corrected chi connectivity index (χ3v) is 4.90. The van der Waals surface area contributed by atoms with E-state index >= 15 is 0 Å². The normalized spacial score (nSPS) is 23.8. The van der Waals surface area contributed by atoms with E-state index in [4.69, 9.17) is 25.2 Å². The zero-order valence-corrected chi connectivity index (χ0v) is 16.8. The van der Waals surface area contributed by atoms with Gasteiger partial charge in [0, 0.05) is 31.8 Å². The lowest BCUT2D eigenvalue weighted by atomic mass is 9.76. The largest absolute Gasteiger partial charge is 0.479 e. The summed E-state index contributed by atoms with van der Waals surface area (Å²) in [4.78, 5) is 33.7. The highest BCUT2D eigenvalue weighted by molar-refractivity contribution is 5.83. The van der Waals surface area contributed by atoms with Crippen LogP contribution in [0.2, 0.25) is 0 Å². The van der Waals surface area contributed by atoms with Gasteiger partial charge in [0.05, 0.1) is 0 Å². The number of carboxylic acid groups (broad SMARTS) is 2. The fourth-order valence-corrected chi connectivity index (χ4v) is 3.21. The van der Waals surface area contributed by atoms with Crippen LogP contribution in [0.15, 0.2) is 30.3 Å². The molecule has 9 heteroatoms. The Hall–Kier alpha value is -2.49. The number of aliphatic hydroxyl groups excluding tert-OH is 2. The summed E-state index contributed by atoms with van der Waals surface area (Å²) in [5, 5.41) is 32.5. The van der Waals surface area contributed by atoms with Crippen LogP contribution in [-0.4, -0.2) is 75.6 Å². The van der Waals surface area contributed by atoms with Crippen LogP contribution in [0.4, 0.5) is 0 Å². The minimum atomic E-state index is -2.27. The Morgan fingerprint density at radius 2 is 1.66 bits per heavy atom. The van der Waals surface area contributed by atoms with E-state index in [0.717, 1.165) is 25.1 Å². The number of esters is 1. The first kappa shape index (κ1) is 24.5. The van der Waals surface area contributed by atoms with Crippen molar-refractivity contribution in [2.24, 2.45) is 5.92 Å². The molecule has 0 bridgehead atoms. The highest BCUT2D eigenvalue weighted by Gasteiger charge is 2.44. The van der Waals surface area contributed by atoms with Crippen molar-refractivity contribution in [1.82, 2.24) is 4.90 Å². The molecule has 1 aliphatic heterocycles. The van der Waals surface area contributed by atoms with E-state index in [1.54, 1.807) is 0 Å². The molecule has 0 radical (unpaired) electrons. The summed E-state index contributed by atoms with van der Waals surface area (Å²) in [6.07, 6.45) is -3.24. The molecular weight excluding hydrogens is 382 g/mol. The van der Waals surface area contributed by atoms with Crippen LogP contribution in [0.5, 0.6) is 0 Å². The fraction of sp³-hybridized carbons (Fsp3) is 0.550. The number of aliphatic carboxylic acids is 2. The standard InChI is InChI=1S/C16H23NO2.C4H6O6/c1-4-15(18)19-16(14-8-6-5-7-9-14)10-11-17(3)12-13(16)2;5-1(3(7)8)2(6)4(9)10/h5-9,13H,4,10-12H2,1-3H3;1-2,5-6H,(H,7,8)(H,9,10). The molecule has 0 aliphatic carbocycles. The lowest BCUT2D eigenvalue weighted by Crippen LogP contribution is -2.50. The molecule has 1 aromatic carbocycles. The summed E-state index contributed by atoms with van der Waals surface area (Å²) >= 11 is 0. The highest BCUT2D eigenvalue weighted by atomic mass is 16.6. The molecule has 4 atom stereocenters. The second-order valence-corrected chi connectivity index (χ2v) is 7.06. The number of carbonyl (C=O) groups is 3. The molecule has 1 heterocycles. The second kappa shape index (κ2) is 10.9. The third-order valence-electron chi connectivity index (χ3n) is 4.90. The van der Waals surface area contributed by atoms with Crippen molar-refractivity contribution in [1.29, 1.82) is 0 Å². The average Bonchev–Trinajstić information content (AvgIpc) is 2.69. The van der Waals surface area contributed by atoms with Gasteiger partial charge in [0.25, 0.3) is 0 Å². The minimum absolute atomic E-state index is 0.111. The summed E-state index contributed by atoms with van der Waals surface area (Å²) in [7, 11) is 2.12. The van der Waals surface area contributed by atoms with Crippen LogP contribution in [0.1, 0.15) is 32.3 Å². The van der Waals surface area contributed by atoms with Gasteiger partial charge in [-0.05, 0) is 12.6 Å². The van der Waals surface area contributed by atoms with Crippen LogP contribution < -0.4 is 0 Å². The van der Waals surface area contributed by atoms with E-state index in [2.05, 4.69) is 31.0 Å². The quantitative estimate of drug-likeness (QED) is 0.497. The number of hydrogen-bond acceptors (Lipinski definition) is 7. The topological polar surface area (TPSA) is 145 Å². The van der Waals surface area contributed by atoms with Crippen molar-refractivity contribution < 1.29 is 39.5 Å². The summed E-state index contributed by atoms with van der Waals surface area (Å²) in [6, 6.07) is 10.2. The smallest absolute Gasteiger partial charge is 0.335 e. The van der Waals surface area contributed by atoms with Crippen LogP contribution in [0, 0.1) is 5.92 Å². The predicted molar refractivity (Wildman–Crippen MR) is 103 cm³/mol. The molecule has 9 nitrogen and oxygen atoms in total. The van der Waals surface area contributed by atoms with E-state index in [1.165, 1.54) is 0 Å². The van der Waals surface area contributed by atoms with Crippen LogP contribution >= 0.6 is 0 Å². The Balaban J connectivity index is 0.000000359. The van der Waals surface area contributed by atoms with Gasteiger partial charge in [0.2, 0.25) is 0 Å². The Morgan fingerprint density at radius 3 is 2.07 bits per heavy atom. The van der Waals surface area contributed by atoms with Crippen LogP contribution in [0.3, 0.4) is 0 Å². The molecule has 29 heavy (non-hydrogen) atoms. The maximum absolute atomic E-state index is 11.8. The number of nitrogens with zero attached hydrogens (tertiary/aromatic N) is 1. The number of rotatable bonds is 6. The number of hydrogen-bond donors (Lipinski definition) is 4. The molecule has 1 fully saturated rings. The fourth-order valence-electron chi connectivity index (χ4n) is 3.21. The van der Waals surface area contributed by atoms with Crippen molar-refractivity contribution in [3.63, 3.8) is 0 Å². The zero-order valence-electron chi connectivity index (χ0n) is 16.8. The molecule has 0 amide bonds. The van der Waals surface area contributed by atoms with E-state index in [1.807, 2.05) is 25.1 Å². The lowest BCUT2D eigenvalue weighted by Gasteiger charge is -2.45. The van der Waals surface area contributed by atoms with E-state index < -0.39 is 29.7 Å². The number of carboxylic acids is 2. The van der Waals surface area contributed by atoms with E-state index in [0.29, 0.717) is 12.3 Å². The first-order chi connectivity index (χ1) is 13.5. The van der Waals surface area contributed by atoms with Gasteiger partial charge in [0.1, 0.15) is 5.60 Å². The van der Waals surface area contributed by atoms with Gasteiger partial charge in [-0.3, -0.25) is 4.79 Å². The average molecular weight is 411 g/mol. The number of carbonyl (C=O) groups excluding carboxylic acids is 1. The first-order valence-electron chi connectivity index (χ1n) is 9.32. The Kier molecular flexibility index (Phi) is 9.22. The maximum atomic E-state index is 11.8. The van der Waals surface area contributed by atoms with Crippen molar-refractivity contribution in [3.05, 3.63) is 35.9 Å². The summed E-state index contributed by atoms with van der Waals surface area (Å²) < 4.78 is 5.91. The Morgan fingerprint density at radius 1 is 1.14 bits per heavy atom. The number of aliphatic hydroxyl groups is 2. The molecule has 0 spiro atoms. The number of piperidine rings is 1. The van der Waals surface area contributed by atoms with E-state index in [9.17, 15) is 14.4 Å². The van der Waals surface area contributed by atoms with Crippen LogP contribution in [-0.2, 0) is 24.7 Å². The molecule has 1 saturated heterocycles. The highest BCUT2D eigenvalue weighted by Crippen LogP contribution is 2.40. The summed E-state index contributed by atoms with van der Waals surface area (Å²) in [6.45, 7) is 5.92. The van der Waals surface area contributed by atoms with Crippen LogP contribution in [0.25, 0.3) is 0 Å². The molecule has 1 aromatic rings. The number of ether oxygens (including phenoxy) is 1. The van der Waals surface area contributed by atoms with Gasteiger partial charge in [-0.15, -0.1) is 0 Å². The van der Waals surface area contributed by atoms with Gasteiger partial charge >= 0.3 is 17.9 Å². The SMILES string of the molecule is CCC(=O)OC1(c2ccccc2)CCN(C)CC1C.O=C(O)C(O)C(O)C(=O)O. The molecule has 0 aromatic heterocycles. The molecule has 0 saturated carbocycles. The predicted octanol–water partition coefficient (Wildman–Crippen LogP) is 0.684. The molecular formula is C20H29NO8. The molecule has 2 rings (SSSR count). The summed E-state index contributed by atoms with van der Waals surface area (Å²) in [5.41, 5.74) is 0.665. The minimum Gasteiger partial charge on any atom is -0.479 e. The van der Waals surface area contributed by atoms with Gasteiger partial charge < -0.3 is 30.1 Å². The third kappa shape index (κ3) is 6.52. The van der Waals surface area contributed by atoms with Crippen molar-refractivity contribution in [3.8, 4) is 0 Å². The molecule has 162 valence electrons. The Bertz CT molecular complexity index is 677. The van der Waals surface area contributed by atoms with Gasteiger partial charge in [-0.25, -0.2) is 9.59 Å². The van der Waals surface area contributed by atoms with Crippen molar-refractivity contribution in [2.75, 3.05) is 20.1 Å². The maximum Gasteiger partial charge on any atom is 0.335 e. The zero-order chi connectivity index (χ0) is 22.2. The van der Waals surface area contributed by atoms with Gasteiger partial charge in [-0.2, -0.15) is 0 Å². The van der Waals surface area contributed by atoms with Gasteiger partial charge in [0.15, 0.2) is 12.2 Å². The van der Waals surface area contributed by atoms with Crippen molar-refractivity contribution in [2.45, 2.75) is 44.5 Å². The van der Waals surface area contributed by atoms with Gasteiger partial charge in [-0.1, -0.05) is 44.2 Å². The van der Waals surface area contributed by atoms with E-state index in [-0.39, 0.29) is 5.97 Å². The monoisotopic (exact) mass is 411 g/mol. The summed E-state index contributed by atoms with van der Waals surface area (Å²) in [5.74, 6) is -3.35. The molecule has 1 aliphatic rings. The van der Waals surface area contributed by atoms with Crippen molar-refractivity contribution >= 4 is 17.9 Å². The number of benzene rings is 1. The number of likely N-dealkylation sites (tertiary alicyclic amines) is 1. The second-order valence-electron chi connectivity index (χ2n) is 7.06. The molecule has 4 unspecified atom stereocenters.